The van der Waals surface area contributed by atoms with E-state index < -0.39 is 0 Å². The van der Waals surface area contributed by atoms with E-state index in [9.17, 15) is 9.59 Å². The first kappa shape index (κ1) is 21.9. The van der Waals surface area contributed by atoms with Crippen molar-refractivity contribution in [3.63, 3.8) is 0 Å². The molecule has 0 radical (unpaired) electrons. The van der Waals surface area contributed by atoms with Crippen LogP contribution in [0.2, 0.25) is 0 Å². The van der Waals surface area contributed by atoms with E-state index in [1.54, 1.807) is 6.92 Å². The number of carbonyl (C=O) groups is 2. The molecule has 0 aromatic heterocycles. The van der Waals surface area contributed by atoms with Gasteiger partial charge in [-0.15, -0.1) is 0 Å². The second-order valence-corrected chi connectivity index (χ2v) is 7.01. The van der Waals surface area contributed by atoms with Crippen molar-refractivity contribution < 1.29 is 23.5 Å². The van der Waals surface area contributed by atoms with E-state index in [1.165, 1.54) is 32.2 Å². The molecule has 5 nitrogen and oxygen atoms in total. The molecule has 0 bridgehead atoms. The summed E-state index contributed by atoms with van der Waals surface area (Å²) in [6.07, 6.45) is 8.15. The summed E-state index contributed by atoms with van der Waals surface area (Å²) in [5, 5.41) is 0. The van der Waals surface area contributed by atoms with Crippen LogP contribution in [0.4, 0.5) is 0 Å². The van der Waals surface area contributed by atoms with E-state index in [0.29, 0.717) is 26.1 Å². The van der Waals surface area contributed by atoms with E-state index in [1.807, 2.05) is 0 Å². The number of quaternary nitrogens is 1. The molecule has 0 fully saturated rings. The van der Waals surface area contributed by atoms with Crippen LogP contribution in [-0.2, 0) is 19.1 Å². The highest BCUT2D eigenvalue weighted by atomic mass is 16.5. The summed E-state index contributed by atoms with van der Waals surface area (Å²) < 4.78 is 11.0. The Morgan fingerprint density at radius 1 is 0.739 bits per heavy atom. The van der Waals surface area contributed by atoms with Gasteiger partial charge >= 0.3 is 11.9 Å². The summed E-state index contributed by atoms with van der Waals surface area (Å²) in [4.78, 5) is 22.6. The maximum absolute atomic E-state index is 11.5. The number of ether oxygens (including phenoxy) is 2. The lowest BCUT2D eigenvalue weighted by Crippen LogP contribution is -2.35. The third-order valence-corrected chi connectivity index (χ3v) is 3.55. The van der Waals surface area contributed by atoms with Crippen molar-refractivity contribution in [3.05, 3.63) is 0 Å². The monoisotopic (exact) mass is 330 g/mol. The van der Waals surface area contributed by atoms with Crippen LogP contribution in [0.1, 0.15) is 64.7 Å². The predicted molar refractivity (Wildman–Crippen MR) is 92.0 cm³/mol. The molecule has 0 heterocycles. The van der Waals surface area contributed by atoms with Crippen LogP contribution in [0.25, 0.3) is 0 Å². The molecule has 0 spiro atoms. The molecule has 0 atom stereocenters. The first-order valence-corrected chi connectivity index (χ1v) is 8.97. The van der Waals surface area contributed by atoms with E-state index in [-0.39, 0.29) is 18.4 Å². The van der Waals surface area contributed by atoms with Crippen molar-refractivity contribution >= 4 is 11.9 Å². The average Bonchev–Trinajstić information content (AvgIpc) is 2.44. The van der Waals surface area contributed by atoms with Crippen molar-refractivity contribution in [2.75, 3.05) is 40.9 Å². The molecule has 0 aliphatic rings. The largest absolute Gasteiger partial charge is 0.466 e. The van der Waals surface area contributed by atoms with Gasteiger partial charge in [0, 0.05) is 12.8 Å². The van der Waals surface area contributed by atoms with Gasteiger partial charge in [0.25, 0.3) is 0 Å². The maximum Gasteiger partial charge on any atom is 0.305 e. The number of hydrogen-bond acceptors (Lipinski definition) is 4. The highest BCUT2D eigenvalue weighted by Crippen LogP contribution is 2.08. The van der Waals surface area contributed by atoms with Gasteiger partial charge in [0.2, 0.25) is 0 Å². The summed E-state index contributed by atoms with van der Waals surface area (Å²) >= 11 is 0. The van der Waals surface area contributed by atoms with E-state index in [4.69, 9.17) is 9.47 Å². The molecule has 0 aliphatic carbocycles. The molecule has 0 amide bonds. The Labute approximate surface area is 141 Å². The lowest BCUT2D eigenvalue weighted by molar-refractivity contribution is -0.870. The standard InChI is InChI=1S/C18H36NO4/c1-5-22-17(20)13-12-14-18(21)23-16-11-9-7-6-8-10-15-19(2,3)4/h5-16H2,1-4H3/q+1. The van der Waals surface area contributed by atoms with Gasteiger partial charge in [0.05, 0.1) is 40.9 Å². The topological polar surface area (TPSA) is 52.6 Å². The van der Waals surface area contributed by atoms with Crippen molar-refractivity contribution in [1.82, 2.24) is 0 Å². The van der Waals surface area contributed by atoms with Crippen molar-refractivity contribution in [2.24, 2.45) is 0 Å². The van der Waals surface area contributed by atoms with Crippen LogP contribution >= 0.6 is 0 Å². The molecule has 0 unspecified atom stereocenters. The number of unbranched alkanes of at least 4 members (excludes halogenated alkanes) is 5. The molecule has 136 valence electrons. The fourth-order valence-corrected chi connectivity index (χ4v) is 2.26. The van der Waals surface area contributed by atoms with Gasteiger partial charge in [0.15, 0.2) is 0 Å². The normalized spacial score (nSPS) is 11.3. The smallest absolute Gasteiger partial charge is 0.305 e. The Kier molecular flexibility index (Phi) is 12.7. The molecular formula is C18H36NO4+. The van der Waals surface area contributed by atoms with Crippen LogP contribution in [0.15, 0.2) is 0 Å². The Hall–Kier alpha value is -1.10. The quantitative estimate of drug-likeness (QED) is 0.278. The first-order valence-electron chi connectivity index (χ1n) is 8.97. The Morgan fingerprint density at radius 3 is 1.83 bits per heavy atom. The van der Waals surface area contributed by atoms with Crippen LogP contribution < -0.4 is 0 Å². The number of hydrogen-bond donors (Lipinski definition) is 0. The molecule has 23 heavy (non-hydrogen) atoms. The predicted octanol–water partition coefficient (Wildman–Crippen LogP) is 3.31. The minimum atomic E-state index is -0.245. The van der Waals surface area contributed by atoms with Crippen LogP contribution in [0.3, 0.4) is 0 Å². The molecular weight excluding hydrogens is 294 g/mol. The third kappa shape index (κ3) is 17.1. The van der Waals surface area contributed by atoms with Crippen LogP contribution in [-0.4, -0.2) is 57.3 Å². The van der Waals surface area contributed by atoms with E-state index in [2.05, 4.69) is 21.1 Å². The second-order valence-electron chi connectivity index (χ2n) is 7.01. The number of carbonyl (C=O) groups excluding carboxylic acids is 2. The maximum atomic E-state index is 11.5. The molecule has 0 aromatic rings. The molecule has 0 rings (SSSR count). The highest BCUT2D eigenvalue weighted by molar-refractivity contribution is 5.72. The minimum absolute atomic E-state index is 0.211. The van der Waals surface area contributed by atoms with Gasteiger partial charge in [-0.05, 0) is 32.6 Å². The van der Waals surface area contributed by atoms with Gasteiger partial charge in [0.1, 0.15) is 0 Å². The number of rotatable bonds is 14. The summed E-state index contributed by atoms with van der Waals surface area (Å²) in [7, 11) is 6.67. The van der Waals surface area contributed by atoms with E-state index >= 15 is 0 Å². The first-order chi connectivity index (χ1) is 10.8. The Balaban J connectivity index is 3.31. The number of esters is 2. The van der Waals surface area contributed by atoms with Gasteiger partial charge in [-0.3, -0.25) is 9.59 Å². The highest BCUT2D eigenvalue weighted by Gasteiger charge is 2.07. The third-order valence-electron chi connectivity index (χ3n) is 3.55. The molecule has 0 N–H and O–H groups in total. The Bertz CT molecular complexity index is 323. The van der Waals surface area contributed by atoms with E-state index in [0.717, 1.165) is 17.3 Å². The molecule has 0 aliphatic heterocycles. The minimum Gasteiger partial charge on any atom is -0.466 e. The Morgan fingerprint density at radius 2 is 1.26 bits per heavy atom. The lowest BCUT2D eigenvalue weighted by Gasteiger charge is -2.23. The zero-order valence-electron chi connectivity index (χ0n) is 15.6. The molecule has 5 heteroatoms. The molecule has 0 saturated carbocycles. The average molecular weight is 330 g/mol. The van der Waals surface area contributed by atoms with Gasteiger partial charge in [-0.2, -0.15) is 0 Å². The molecule has 0 saturated heterocycles. The zero-order chi connectivity index (χ0) is 17.6. The van der Waals surface area contributed by atoms with Crippen molar-refractivity contribution in [1.29, 1.82) is 0 Å². The summed E-state index contributed by atoms with van der Waals surface area (Å²) in [6.45, 7) is 3.88. The summed E-state index contributed by atoms with van der Waals surface area (Å²) in [5.74, 6) is -0.456. The lowest BCUT2D eigenvalue weighted by atomic mass is 10.1. The molecule has 0 aromatic carbocycles. The van der Waals surface area contributed by atoms with Gasteiger partial charge in [-0.25, -0.2) is 0 Å². The zero-order valence-corrected chi connectivity index (χ0v) is 15.6. The van der Waals surface area contributed by atoms with Gasteiger partial charge in [-0.1, -0.05) is 19.3 Å². The second kappa shape index (κ2) is 13.3. The van der Waals surface area contributed by atoms with Crippen LogP contribution in [0, 0.1) is 0 Å². The SMILES string of the molecule is CCOC(=O)CCCC(=O)OCCCCCCCC[N+](C)(C)C. The summed E-state index contributed by atoms with van der Waals surface area (Å²) in [6, 6.07) is 0. The fraction of sp³-hybridized carbons (Fsp3) is 0.889. The van der Waals surface area contributed by atoms with Crippen molar-refractivity contribution in [2.45, 2.75) is 64.7 Å². The van der Waals surface area contributed by atoms with Crippen LogP contribution in [0.5, 0.6) is 0 Å². The van der Waals surface area contributed by atoms with Gasteiger partial charge < -0.3 is 14.0 Å². The fourth-order valence-electron chi connectivity index (χ4n) is 2.26. The van der Waals surface area contributed by atoms with Crippen molar-refractivity contribution in [3.8, 4) is 0 Å². The summed E-state index contributed by atoms with van der Waals surface area (Å²) in [5.41, 5.74) is 0. The number of nitrogens with zero attached hydrogens (tertiary/aromatic N) is 1.